The maximum absolute atomic E-state index is 12.8. The van der Waals surface area contributed by atoms with E-state index in [1.165, 1.54) is 96.3 Å². The van der Waals surface area contributed by atoms with Crippen LogP contribution in [0.3, 0.4) is 0 Å². The average molecular weight is 1050 g/mol. The van der Waals surface area contributed by atoms with Gasteiger partial charge in [-0.15, -0.1) is 0 Å². The number of likely N-dealkylation sites (N-methyl/N-ethyl adjacent to an activating group) is 1. The van der Waals surface area contributed by atoms with E-state index >= 15 is 0 Å². The van der Waals surface area contributed by atoms with Crippen LogP contribution < -0.4 is 0 Å². The van der Waals surface area contributed by atoms with E-state index in [1.54, 1.807) is 0 Å². The monoisotopic (exact) mass is 1050 g/mol. The minimum Gasteiger partial charge on any atom is -0.462 e. The summed E-state index contributed by atoms with van der Waals surface area (Å²) in [6, 6.07) is 0. The molecule has 74 heavy (non-hydrogen) atoms. The Labute approximate surface area is 455 Å². The van der Waals surface area contributed by atoms with Gasteiger partial charge in [-0.25, -0.2) is 4.57 Å². The van der Waals surface area contributed by atoms with Crippen LogP contribution in [-0.2, 0) is 32.7 Å². The Balaban J connectivity index is 4.18. The number of phosphoric acid groups is 1. The molecule has 0 spiro atoms. The summed E-state index contributed by atoms with van der Waals surface area (Å²) in [6.45, 7) is 4.19. The highest BCUT2D eigenvalue weighted by Crippen LogP contribution is 2.43. The number of carbonyl (C=O) groups is 2. The number of phosphoric ester groups is 1. The van der Waals surface area contributed by atoms with Gasteiger partial charge < -0.3 is 18.9 Å². The summed E-state index contributed by atoms with van der Waals surface area (Å²) in [4.78, 5) is 35.7. The van der Waals surface area contributed by atoms with Crippen molar-refractivity contribution in [2.45, 2.75) is 238 Å². The van der Waals surface area contributed by atoms with Crippen molar-refractivity contribution in [2.24, 2.45) is 0 Å². The summed E-state index contributed by atoms with van der Waals surface area (Å²) in [6.07, 6.45) is 75.8. The third kappa shape index (κ3) is 57.9. The molecule has 0 aromatic carbocycles. The zero-order chi connectivity index (χ0) is 54.2. The Kier molecular flexibility index (Phi) is 52.0. The summed E-state index contributed by atoms with van der Waals surface area (Å²) < 4.78 is 34.6. The molecule has 1 N–H and O–H groups in total. The smallest absolute Gasteiger partial charge is 0.462 e. The first-order valence-corrected chi connectivity index (χ1v) is 31.1. The number of unbranched alkanes of at least 4 members (excludes halogenated alkanes) is 21. The maximum Gasteiger partial charge on any atom is 0.472 e. The van der Waals surface area contributed by atoms with Crippen LogP contribution in [-0.4, -0.2) is 74.9 Å². The molecule has 0 bridgehead atoms. The van der Waals surface area contributed by atoms with Crippen molar-refractivity contribution in [1.29, 1.82) is 0 Å². The van der Waals surface area contributed by atoms with E-state index in [0.717, 1.165) is 103 Å². The number of nitrogens with zero attached hydrogens (tertiary/aromatic N) is 1. The lowest BCUT2D eigenvalue weighted by Crippen LogP contribution is -2.37. The van der Waals surface area contributed by atoms with Crippen LogP contribution in [0.5, 0.6) is 0 Å². The van der Waals surface area contributed by atoms with Gasteiger partial charge >= 0.3 is 19.8 Å². The van der Waals surface area contributed by atoms with E-state index < -0.39 is 26.5 Å². The topological polar surface area (TPSA) is 108 Å². The molecular formula is C64H111NO8P+. The molecule has 0 aromatic heterocycles. The summed E-state index contributed by atoms with van der Waals surface area (Å²) >= 11 is 0. The van der Waals surface area contributed by atoms with Crippen LogP contribution in [0, 0.1) is 0 Å². The molecule has 0 aromatic rings. The molecule has 424 valence electrons. The number of hydrogen-bond donors (Lipinski definition) is 1. The predicted octanol–water partition coefficient (Wildman–Crippen LogP) is 18.6. The number of esters is 2. The summed E-state index contributed by atoms with van der Waals surface area (Å²) in [7, 11) is 1.46. The van der Waals surface area contributed by atoms with Crippen molar-refractivity contribution in [2.75, 3.05) is 47.5 Å². The lowest BCUT2D eigenvalue weighted by atomic mass is 10.0. The van der Waals surface area contributed by atoms with Crippen molar-refractivity contribution in [3.05, 3.63) is 109 Å². The lowest BCUT2D eigenvalue weighted by Gasteiger charge is -2.24. The zero-order valence-corrected chi connectivity index (χ0v) is 48.9. The van der Waals surface area contributed by atoms with Crippen molar-refractivity contribution in [3.63, 3.8) is 0 Å². The molecule has 0 fully saturated rings. The van der Waals surface area contributed by atoms with E-state index in [1.807, 2.05) is 21.1 Å². The Bertz CT molecular complexity index is 1620. The van der Waals surface area contributed by atoms with Gasteiger partial charge in [-0.05, 0) is 96.3 Å². The average Bonchev–Trinajstić information content (AvgIpc) is 3.36. The van der Waals surface area contributed by atoms with E-state index in [9.17, 15) is 19.0 Å². The van der Waals surface area contributed by atoms with Crippen molar-refractivity contribution < 1.29 is 42.1 Å². The Morgan fingerprint density at radius 1 is 0.419 bits per heavy atom. The van der Waals surface area contributed by atoms with Crippen molar-refractivity contribution in [3.8, 4) is 0 Å². The quantitative estimate of drug-likeness (QED) is 0.0211. The molecule has 0 rings (SSSR count). The highest BCUT2D eigenvalue weighted by atomic mass is 31.2. The van der Waals surface area contributed by atoms with E-state index in [4.69, 9.17) is 18.5 Å². The molecule has 0 amide bonds. The van der Waals surface area contributed by atoms with Gasteiger partial charge in [-0.2, -0.15) is 0 Å². The van der Waals surface area contributed by atoms with Gasteiger partial charge in [0, 0.05) is 12.8 Å². The molecule has 9 nitrogen and oxygen atoms in total. The van der Waals surface area contributed by atoms with Crippen LogP contribution in [0.2, 0.25) is 0 Å². The van der Waals surface area contributed by atoms with Gasteiger partial charge in [0.1, 0.15) is 19.8 Å². The van der Waals surface area contributed by atoms with Crippen LogP contribution in [0.15, 0.2) is 109 Å². The first kappa shape index (κ1) is 70.7. The van der Waals surface area contributed by atoms with Crippen LogP contribution in [0.25, 0.3) is 0 Å². The molecule has 0 saturated carbocycles. The number of ether oxygens (including phenoxy) is 2. The minimum absolute atomic E-state index is 0.0241. The normalized spacial score (nSPS) is 14.1. The number of carbonyl (C=O) groups excluding carboxylic acids is 2. The summed E-state index contributed by atoms with van der Waals surface area (Å²) in [5.41, 5.74) is 0. The largest absolute Gasteiger partial charge is 0.472 e. The molecule has 0 aliphatic carbocycles. The fourth-order valence-electron chi connectivity index (χ4n) is 7.80. The second kappa shape index (κ2) is 54.5. The Hall–Kier alpha value is -3.33. The third-order valence-corrected chi connectivity index (χ3v) is 13.3. The minimum atomic E-state index is -4.40. The van der Waals surface area contributed by atoms with Gasteiger partial charge in [0.25, 0.3) is 0 Å². The van der Waals surface area contributed by atoms with E-state index in [2.05, 4.69) is 123 Å². The predicted molar refractivity (Wildman–Crippen MR) is 316 cm³/mol. The Morgan fingerprint density at radius 2 is 0.730 bits per heavy atom. The number of allylic oxidation sites excluding steroid dienone is 18. The molecule has 2 atom stereocenters. The summed E-state index contributed by atoms with van der Waals surface area (Å²) in [5.74, 6) is -0.814. The first-order valence-electron chi connectivity index (χ1n) is 29.6. The van der Waals surface area contributed by atoms with Crippen LogP contribution >= 0.6 is 7.82 Å². The van der Waals surface area contributed by atoms with Crippen molar-refractivity contribution in [1.82, 2.24) is 0 Å². The van der Waals surface area contributed by atoms with Gasteiger partial charge in [-0.3, -0.25) is 18.6 Å². The molecule has 0 radical (unpaired) electrons. The number of hydrogen-bond acceptors (Lipinski definition) is 7. The zero-order valence-electron chi connectivity index (χ0n) is 48.0. The number of rotatable bonds is 53. The molecule has 0 aliphatic heterocycles. The highest BCUT2D eigenvalue weighted by molar-refractivity contribution is 7.47. The van der Waals surface area contributed by atoms with Gasteiger partial charge in [0.05, 0.1) is 27.7 Å². The van der Waals surface area contributed by atoms with Gasteiger partial charge in [-0.1, -0.05) is 232 Å². The number of quaternary nitrogens is 1. The van der Waals surface area contributed by atoms with Crippen molar-refractivity contribution >= 4 is 19.8 Å². The Morgan fingerprint density at radius 3 is 1.08 bits per heavy atom. The van der Waals surface area contributed by atoms with Gasteiger partial charge in [0.15, 0.2) is 6.10 Å². The third-order valence-electron chi connectivity index (χ3n) is 12.3. The maximum atomic E-state index is 12.8. The first-order chi connectivity index (χ1) is 36.0. The molecule has 0 saturated heterocycles. The second-order valence-corrected chi connectivity index (χ2v) is 22.1. The fourth-order valence-corrected chi connectivity index (χ4v) is 8.54. The molecular weight excluding hydrogens is 942 g/mol. The molecule has 10 heteroatoms. The fraction of sp³-hybridized carbons (Fsp3) is 0.688. The summed E-state index contributed by atoms with van der Waals surface area (Å²) in [5, 5.41) is 0. The van der Waals surface area contributed by atoms with Gasteiger partial charge in [0.2, 0.25) is 0 Å². The SMILES string of the molecule is CC/C=C\C/C=C\C/C=C\C/C=C\C/C=C\CCCCCCCCCC(=O)OC(COC(=O)CCCCCCCCCCCCCCCC/C=C\C/C=C\C/C=C\C/C=C\CC)COP(=O)(O)OCC[N+](C)(C)C. The van der Waals surface area contributed by atoms with Crippen LogP contribution in [0.1, 0.15) is 232 Å². The lowest BCUT2D eigenvalue weighted by molar-refractivity contribution is -0.870. The molecule has 2 unspecified atom stereocenters. The standard InChI is InChI=1S/C64H110NO8P/c1-6-8-10-12-14-16-18-20-22-24-26-28-30-31-32-33-35-36-38-40-42-44-46-48-50-52-54-56-63(66)70-60-62(61-72-74(68,69)71-59-58-65(3,4)5)73-64(67)57-55-53-51-49-47-45-43-41-39-37-34-29-27-25-23-21-19-17-15-13-11-9-7-2/h8-11,14-17,20-23,26-29,37,39,62H,6-7,12-13,18-19,24-25,30-36,38,40-61H2,1-5H3/p+1/b10-8-,11-9-,16-14-,17-15-,22-20-,23-21-,28-26-,29-27-,39-37-. The second-order valence-electron chi connectivity index (χ2n) is 20.6. The molecule has 0 aliphatic rings. The van der Waals surface area contributed by atoms with E-state index in [-0.39, 0.29) is 32.0 Å². The van der Waals surface area contributed by atoms with E-state index in [0.29, 0.717) is 17.4 Å². The molecule has 0 heterocycles. The van der Waals surface area contributed by atoms with Crippen LogP contribution in [0.4, 0.5) is 0 Å². The highest BCUT2D eigenvalue weighted by Gasteiger charge is 2.27.